The Morgan fingerprint density at radius 2 is 2.09 bits per heavy atom. The van der Waals surface area contributed by atoms with Gasteiger partial charge in [0.2, 0.25) is 0 Å². The Bertz CT molecular complexity index is 256. The molecule has 2 heteroatoms. The van der Waals surface area contributed by atoms with Gasteiger partial charge in [-0.15, -0.1) is 11.6 Å². The van der Waals surface area contributed by atoms with Crippen LogP contribution in [0.5, 0.6) is 0 Å². The van der Waals surface area contributed by atoms with Gasteiger partial charge in [-0.25, -0.2) is 0 Å². The zero-order valence-electron chi connectivity index (χ0n) is 6.57. The second-order valence-corrected chi connectivity index (χ2v) is 4.13. The Balaban J connectivity index is 3.05. The molecule has 60 valence electrons. The van der Waals surface area contributed by atoms with Gasteiger partial charge in [-0.3, -0.25) is 0 Å². The zero-order chi connectivity index (χ0) is 8.43. The van der Waals surface area contributed by atoms with Gasteiger partial charge in [0.1, 0.15) is 0 Å². The molecule has 0 saturated carbocycles. The molecule has 0 aromatic heterocycles. The van der Waals surface area contributed by atoms with E-state index < -0.39 is 0 Å². The molecule has 0 radical (unpaired) electrons. The lowest BCUT2D eigenvalue weighted by atomic mass is 10.1. The minimum Gasteiger partial charge on any atom is -0.118 e. The van der Waals surface area contributed by atoms with Gasteiger partial charge in [-0.2, -0.15) is 0 Å². The third-order valence-electron chi connectivity index (χ3n) is 1.66. The van der Waals surface area contributed by atoms with Crippen molar-refractivity contribution in [2.75, 3.05) is 0 Å². The predicted molar refractivity (Wildman–Crippen MR) is 53.1 cm³/mol. The number of halogens is 2. The number of aryl methyl sites for hydroxylation is 1. The summed E-state index contributed by atoms with van der Waals surface area (Å²) in [6.07, 6.45) is 0. The summed E-state index contributed by atoms with van der Waals surface area (Å²) >= 11 is 9.36. The molecule has 0 heterocycles. The molecule has 1 aromatic rings. The molecule has 1 rings (SSSR count). The van der Waals surface area contributed by atoms with Crippen LogP contribution in [-0.2, 0) is 0 Å². The number of hydrogen-bond acceptors (Lipinski definition) is 0. The van der Waals surface area contributed by atoms with E-state index in [0.717, 1.165) is 10.0 Å². The van der Waals surface area contributed by atoms with Crippen molar-refractivity contribution in [3.63, 3.8) is 0 Å². The van der Waals surface area contributed by atoms with Crippen LogP contribution in [0.25, 0.3) is 0 Å². The Labute approximate surface area is 80.7 Å². The first-order chi connectivity index (χ1) is 5.11. The minimum absolute atomic E-state index is 0.0897. The van der Waals surface area contributed by atoms with E-state index in [9.17, 15) is 0 Å². The summed E-state index contributed by atoms with van der Waals surface area (Å²) in [5, 5.41) is 0.0897. The third-order valence-corrected chi connectivity index (χ3v) is 2.76. The highest BCUT2D eigenvalue weighted by molar-refractivity contribution is 9.10. The lowest BCUT2D eigenvalue weighted by molar-refractivity contribution is 1.08. The summed E-state index contributed by atoms with van der Waals surface area (Å²) in [5.74, 6) is 0. The van der Waals surface area contributed by atoms with Crippen molar-refractivity contribution in [2.24, 2.45) is 0 Å². The molecule has 0 bridgehead atoms. The average Bonchev–Trinajstić information content (AvgIpc) is 1.94. The smallest absolute Gasteiger partial charge is 0.0557 e. The van der Waals surface area contributed by atoms with Crippen LogP contribution in [0.1, 0.15) is 23.4 Å². The van der Waals surface area contributed by atoms with E-state index >= 15 is 0 Å². The topological polar surface area (TPSA) is 0 Å². The highest BCUT2D eigenvalue weighted by Gasteiger charge is 2.01. The highest BCUT2D eigenvalue weighted by atomic mass is 79.9. The second-order valence-electron chi connectivity index (χ2n) is 2.62. The molecule has 0 aliphatic heterocycles. The van der Waals surface area contributed by atoms with Gasteiger partial charge in [0.05, 0.1) is 5.38 Å². The van der Waals surface area contributed by atoms with Crippen molar-refractivity contribution in [2.45, 2.75) is 19.2 Å². The lowest BCUT2D eigenvalue weighted by Crippen LogP contribution is -1.85. The van der Waals surface area contributed by atoms with Crippen LogP contribution in [0, 0.1) is 6.92 Å². The molecule has 0 aliphatic carbocycles. The Hall–Kier alpha value is -0.0100. The van der Waals surface area contributed by atoms with E-state index in [4.69, 9.17) is 11.6 Å². The summed E-state index contributed by atoms with van der Waals surface area (Å²) in [7, 11) is 0. The van der Waals surface area contributed by atoms with E-state index in [1.807, 2.05) is 6.92 Å². The van der Waals surface area contributed by atoms with Crippen LogP contribution in [0.2, 0.25) is 0 Å². The predicted octanol–water partition coefficient (Wildman–Crippen LogP) is 4.06. The first-order valence-corrected chi connectivity index (χ1v) is 4.74. The van der Waals surface area contributed by atoms with Gasteiger partial charge in [0.15, 0.2) is 0 Å². The van der Waals surface area contributed by atoms with Crippen LogP contribution in [0.4, 0.5) is 0 Å². The average molecular weight is 234 g/mol. The molecular formula is C9H10BrCl. The molecule has 0 spiro atoms. The van der Waals surface area contributed by atoms with Crippen LogP contribution < -0.4 is 0 Å². The zero-order valence-corrected chi connectivity index (χ0v) is 8.91. The number of rotatable bonds is 1. The summed E-state index contributed by atoms with van der Waals surface area (Å²) in [5.41, 5.74) is 2.40. The molecule has 0 N–H and O–H groups in total. The van der Waals surface area contributed by atoms with Crippen molar-refractivity contribution < 1.29 is 0 Å². The van der Waals surface area contributed by atoms with Gasteiger partial charge >= 0.3 is 0 Å². The summed E-state index contributed by atoms with van der Waals surface area (Å²) in [4.78, 5) is 0. The Kier molecular flexibility index (Phi) is 2.97. The van der Waals surface area contributed by atoms with Gasteiger partial charge in [-0.1, -0.05) is 28.1 Å². The molecule has 1 aromatic carbocycles. The number of hydrogen-bond donors (Lipinski definition) is 0. The number of benzene rings is 1. The van der Waals surface area contributed by atoms with E-state index in [1.165, 1.54) is 5.56 Å². The molecule has 1 atom stereocenters. The summed E-state index contributed by atoms with van der Waals surface area (Å²) < 4.78 is 1.13. The van der Waals surface area contributed by atoms with Crippen LogP contribution >= 0.6 is 27.5 Å². The van der Waals surface area contributed by atoms with Gasteiger partial charge in [0.25, 0.3) is 0 Å². The fraction of sp³-hybridized carbons (Fsp3) is 0.333. The molecule has 0 amide bonds. The lowest BCUT2D eigenvalue weighted by Gasteiger charge is -2.04. The van der Waals surface area contributed by atoms with E-state index in [-0.39, 0.29) is 5.38 Å². The summed E-state index contributed by atoms with van der Waals surface area (Å²) in [6, 6.07) is 6.18. The van der Waals surface area contributed by atoms with E-state index in [1.54, 1.807) is 0 Å². The fourth-order valence-electron chi connectivity index (χ4n) is 0.857. The Morgan fingerprint density at radius 3 is 2.55 bits per heavy atom. The van der Waals surface area contributed by atoms with Crippen LogP contribution in [0.3, 0.4) is 0 Å². The third kappa shape index (κ3) is 2.21. The largest absolute Gasteiger partial charge is 0.118 e. The maximum absolute atomic E-state index is 5.91. The molecule has 11 heavy (non-hydrogen) atoms. The normalized spacial score (nSPS) is 13.1. The van der Waals surface area contributed by atoms with E-state index in [2.05, 4.69) is 41.1 Å². The Morgan fingerprint density at radius 1 is 1.45 bits per heavy atom. The molecular weight excluding hydrogens is 223 g/mol. The highest BCUT2D eigenvalue weighted by Crippen LogP contribution is 2.24. The van der Waals surface area contributed by atoms with Crippen molar-refractivity contribution in [3.05, 3.63) is 33.8 Å². The molecule has 0 fully saturated rings. The molecule has 0 aliphatic rings. The standard InChI is InChI=1S/C9H10BrCl/c1-6-3-4-8(7(2)11)5-9(6)10/h3-5,7H,1-2H3. The number of alkyl halides is 1. The maximum atomic E-state index is 5.91. The van der Waals surface area contributed by atoms with Crippen molar-refractivity contribution in [3.8, 4) is 0 Å². The van der Waals surface area contributed by atoms with Gasteiger partial charge < -0.3 is 0 Å². The van der Waals surface area contributed by atoms with Crippen molar-refractivity contribution in [1.82, 2.24) is 0 Å². The SMILES string of the molecule is Cc1ccc(C(C)Cl)cc1Br. The van der Waals surface area contributed by atoms with Gasteiger partial charge in [0, 0.05) is 4.47 Å². The van der Waals surface area contributed by atoms with Crippen LogP contribution in [0.15, 0.2) is 22.7 Å². The monoisotopic (exact) mass is 232 g/mol. The van der Waals surface area contributed by atoms with Gasteiger partial charge in [-0.05, 0) is 31.0 Å². The van der Waals surface area contributed by atoms with Crippen molar-refractivity contribution in [1.29, 1.82) is 0 Å². The summed E-state index contributed by atoms with van der Waals surface area (Å²) in [6.45, 7) is 4.03. The quantitative estimate of drug-likeness (QED) is 0.642. The van der Waals surface area contributed by atoms with Crippen LogP contribution in [-0.4, -0.2) is 0 Å². The van der Waals surface area contributed by atoms with Crippen molar-refractivity contribution >= 4 is 27.5 Å². The first kappa shape index (κ1) is 9.08. The molecule has 1 unspecified atom stereocenters. The minimum atomic E-state index is 0.0897. The first-order valence-electron chi connectivity index (χ1n) is 3.51. The molecule has 0 nitrogen and oxygen atoms in total. The molecule has 0 saturated heterocycles. The fourth-order valence-corrected chi connectivity index (χ4v) is 1.39. The van der Waals surface area contributed by atoms with E-state index in [0.29, 0.717) is 0 Å². The second kappa shape index (κ2) is 3.59. The maximum Gasteiger partial charge on any atom is 0.0557 e.